The molecule has 1 heterocycles. The number of carbonyl (C=O) groups excluding carboxylic acids is 1. The Kier molecular flexibility index (Phi) is 4.69. The van der Waals surface area contributed by atoms with Crippen molar-refractivity contribution in [2.24, 2.45) is 11.8 Å². The van der Waals surface area contributed by atoms with Crippen LogP contribution in [0.4, 0.5) is 0 Å². The fourth-order valence-electron chi connectivity index (χ4n) is 3.38. The van der Waals surface area contributed by atoms with Gasteiger partial charge in [-0.15, -0.1) is 0 Å². The maximum Gasteiger partial charge on any atom is 0.303 e. The molecule has 0 aromatic rings. The Balaban J connectivity index is 2.26. The first-order chi connectivity index (χ1) is 9.38. The summed E-state index contributed by atoms with van der Waals surface area (Å²) in [5.41, 5.74) is 2.59. The van der Waals surface area contributed by atoms with Crippen LogP contribution in [0.1, 0.15) is 47.5 Å². The molecule has 1 aliphatic carbocycles. The zero-order valence-electron chi connectivity index (χ0n) is 13.2. The second-order valence-electron chi connectivity index (χ2n) is 6.46. The van der Waals surface area contributed by atoms with Gasteiger partial charge in [0, 0.05) is 12.8 Å². The van der Waals surface area contributed by atoms with Gasteiger partial charge < -0.3 is 9.47 Å². The van der Waals surface area contributed by atoms with Crippen molar-refractivity contribution < 1.29 is 14.3 Å². The van der Waals surface area contributed by atoms with Crippen molar-refractivity contribution in [1.82, 2.24) is 0 Å². The zero-order valence-corrected chi connectivity index (χ0v) is 13.2. The third-order valence-electron chi connectivity index (χ3n) is 4.37. The third kappa shape index (κ3) is 3.32. The average Bonchev–Trinajstić information content (AvgIpc) is 2.32. The molecule has 5 atom stereocenters. The number of esters is 1. The molecule has 2 rings (SSSR count). The predicted octanol–water partition coefficient (Wildman–Crippen LogP) is 3.64. The van der Waals surface area contributed by atoms with Gasteiger partial charge in [-0.3, -0.25) is 4.79 Å². The van der Waals surface area contributed by atoms with E-state index in [9.17, 15) is 4.79 Å². The Labute approximate surface area is 122 Å². The summed E-state index contributed by atoms with van der Waals surface area (Å²) in [6.07, 6.45) is 6.42. The molecule has 1 aliphatic heterocycles. The van der Waals surface area contributed by atoms with Crippen molar-refractivity contribution in [1.29, 1.82) is 0 Å². The summed E-state index contributed by atoms with van der Waals surface area (Å²) in [5, 5.41) is 0. The van der Waals surface area contributed by atoms with Gasteiger partial charge in [0.15, 0.2) is 0 Å². The zero-order chi connectivity index (χ0) is 14.9. The van der Waals surface area contributed by atoms with Crippen LogP contribution in [0.15, 0.2) is 23.3 Å². The summed E-state index contributed by atoms with van der Waals surface area (Å²) in [7, 11) is 0. The number of fused-ring (bicyclic) bond motifs is 1. The molecule has 1 fully saturated rings. The summed E-state index contributed by atoms with van der Waals surface area (Å²) in [5.74, 6) is 0.547. The average molecular weight is 278 g/mol. The Hall–Kier alpha value is -1.09. The highest BCUT2D eigenvalue weighted by atomic mass is 16.6. The van der Waals surface area contributed by atoms with Gasteiger partial charge in [-0.25, -0.2) is 0 Å². The molecule has 0 saturated carbocycles. The van der Waals surface area contributed by atoms with Crippen molar-refractivity contribution in [2.45, 2.75) is 65.8 Å². The molecule has 0 spiro atoms. The first-order valence-corrected chi connectivity index (χ1v) is 7.53. The molecule has 3 heteroatoms. The molecule has 0 aromatic heterocycles. The highest BCUT2D eigenvalue weighted by Crippen LogP contribution is 2.40. The van der Waals surface area contributed by atoms with E-state index in [0.717, 1.165) is 12.8 Å². The van der Waals surface area contributed by atoms with Crippen molar-refractivity contribution in [3.8, 4) is 0 Å². The lowest BCUT2D eigenvalue weighted by Gasteiger charge is -2.45. The molecule has 3 nitrogen and oxygen atoms in total. The van der Waals surface area contributed by atoms with Crippen LogP contribution in [-0.4, -0.2) is 24.3 Å². The molecular weight excluding hydrogens is 252 g/mol. The van der Waals surface area contributed by atoms with Crippen LogP contribution < -0.4 is 0 Å². The van der Waals surface area contributed by atoms with Crippen LogP contribution >= 0.6 is 0 Å². The van der Waals surface area contributed by atoms with Crippen LogP contribution in [0.5, 0.6) is 0 Å². The van der Waals surface area contributed by atoms with E-state index in [0.29, 0.717) is 11.8 Å². The monoisotopic (exact) mass is 278 g/mol. The number of hydrogen-bond acceptors (Lipinski definition) is 3. The Morgan fingerprint density at radius 2 is 2.10 bits per heavy atom. The molecule has 0 amide bonds. The van der Waals surface area contributed by atoms with E-state index in [1.54, 1.807) is 0 Å². The molecule has 112 valence electrons. The lowest BCUT2D eigenvalue weighted by atomic mass is 9.74. The fourth-order valence-corrected chi connectivity index (χ4v) is 3.38. The summed E-state index contributed by atoms with van der Waals surface area (Å²) in [6, 6.07) is 0. The molecule has 20 heavy (non-hydrogen) atoms. The van der Waals surface area contributed by atoms with Crippen LogP contribution in [-0.2, 0) is 14.3 Å². The predicted molar refractivity (Wildman–Crippen MR) is 79.3 cm³/mol. The van der Waals surface area contributed by atoms with Crippen LogP contribution in [0.3, 0.4) is 0 Å². The number of ether oxygens (including phenoxy) is 2. The van der Waals surface area contributed by atoms with Gasteiger partial charge in [0.2, 0.25) is 0 Å². The number of carbonyl (C=O) groups is 1. The molecule has 0 radical (unpaired) electrons. The van der Waals surface area contributed by atoms with Crippen LogP contribution in [0.2, 0.25) is 0 Å². The van der Waals surface area contributed by atoms with Gasteiger partial charge in [0.25, 0.3) is 0 Å². The topological polar surface area (TPSA) is 35.5 Å². The largest absolute Gasteiger partial charge is 0.459 e. The van der Waals surface area contributed by atoms with Gasteiger partial charge in [-0.1, -0.05) is 30.2 Å². The lowest BCUT2D eigenvalue weighted by molar-refractivity contribution is -0.181. The van der Waals surface area contributed by atoms with E-state index in [-0.39, 0.29) is 24.3 Å². The van der Waals surface area contributed by atoms with Crippen molar-refractivity contribution in [3.63, 3.8) is 0 Å². The second-order valence-corrected chi connectivity index (χ2v) is 6.46. The van der Waals surface area contributed by atoms with E-state index >= 15 is 0 Å². The van der Waals surface area contributed by atoms with Crippen molar-refractivity contribution >= 4 is 5.97 Å². The highest BCUT2D eigenvalue weighted by molar-refractivity contribution is 5.66. The van der Waals surface area contributed by atoms with E-state index < -0.39 is 0 Å². The standard InChI is InChI=1S/C17H26O3/c1-10(2)8-16-17(19-13(5)18)12(4)14-7-6-11(3)9-15(14)20-16/h8-9,12,14-17H,6-7H2,1-5H3. The summed E-state index contributed by atoms with van der Waals surface area (Å²) in [4.78, 5) is 11.4. The van der Waals surface area contributed by atoms with Crippen molar-refractivity contribution in [3.05, 3.63) is 23.3 Å². The van der Waals surface area contributed by atoms with Crippen LogP contribution in [0, 0.1) is 11.8 Å². The van der Waals surface area contributed by atoms with Gasteiger partial charge in [0.1, 0.15) is 12.2 Å². The smallest absolute Gasteiger partial charge is 0.303 e. The molecule has 5 unspecified atom stereocenters. The second kappa shape index (κ2) is 6.13. The van der Waals surface area contributed by atoms with Gasteiger partial charge in [-0.05, 0) is 39.5 Å². The maximum absolute atomic E-state index is 11.4. The quantitative estimate of drug-likeness (QED) is 0.571. The van der Waals surface area contributed by atoms with Crippen LogP contribution in [0.25, 0.3) is 0 Å². The van der Waals surface area contributed by atoms with E-state index in [2.05, 4.69) is 26.0 Å². The lowest BCUT2D eigenvalue weighted by Crippen LogP contribution is -2.51. The normalized spacial score (nSPS) is 36.6. The summed E-state index contributed by atoms with van der Waals surface area (Å²) in [6.45, 7) is 9.93. The minimum atomic E-state index is -0.224. The molecular formula is C17H26O3. The first kappa shape index (κ1) is 15.3. The molecule has 2 aliphatic rings. The SMILES string of the molecule is CC(=O)OC1C(C=C(C)C)OC2C=C(C)CCC2C1C. The molecule has 0 aromatic carbocycles. The number of hydrogen-bond donors (Lipinski definition) is 0. The van der Waals surface area contributed by atoms with Gasteiger partial charge >= 0.3 is 5.97 Å². The highest BCUT2D eigenvalue weighted by Gasteiger charge is 2.44. The summed E-state index contributed by atoms with van der Waals surface area (Å²) >= 11 is 0. The minimum Gasteiger partial charge on any atom is -0.459 e. The third-order valence-corrected chi connectivity index (χ3v) is 4.37. The maximum atomic E-state index is 11.4. The van der Waals surface area contributed by atoms with E-state index in [1.807, 2.05) is 13.8 Å². The molecule has 0 bridgehead atoms. The number of allylic oxidation sites excluding steroid dienone is 2. The fraction of sp³-hybridized carbons (Fsp3) is 0.706. The molecule has 1 saturated heterocycles. The Bertz CT molecular complexity index is 432. The minimum absolute atomic E-state index is 0.137. The Morgan fingerprint density at radius 1 is 1.40 bits per heavy atom. The van der Waals surface area contributed by atoms with E-state index in [4.69, 9.17) is 9.47 Å². The van der Waals surface area contributed by atoms with E-state index in [1.165, 1.54) is 18.1 Å². The van der Waals surface area contributed by atoms with Gasteiger partial charge in [0.05, 0.1) is 6.10 Å². The Morgan fingerprint density at radius 3 is 2.70 bits per heavy atom. The number of rotatable bonds is 2. The molecule has 0 N–H and O–H groups in total. The summed E-state index contributed by atoms with van der Waals surface area (Å²) < 4.78 is 11.8. The van der Waals surface area contributed by atoms with Gasteiger partial charge in [-0.2, -0.15) is 0 Å². The van der Waals surface area contributed by atoms with Crippen molar-refractivity contribution in [2.75, 3.05) is 0 Å². The first-order valence-electron chi connectivity index (χ1n) is 7.53.